The molecule has 1 heterocycles. The number of hydrogen-bond donors (Lipinski definition) is 0. The average Bonchev–Trinajstić information content (AvgIpc) is 2.48. The summed E-state index contributed by atoms with van der Waals surface area (Å²) in [5, 5.41) is 0.666. The molecule has 0 unspecified atom stereocenters. The molecular formula is C18H24ClNO4. The van der Waals surface area contributed by atoms with Crippen molar-refractivity contribution in [3.63, 3.8) is 0 Å². The maximum Gasteiger partial charge on any atom is 0.410 e. The summed E-state index contributed by atoms with van der Waals surface area (Å²) < 4.78 is 11.1. The Balaban J connectivity index is 2.15. The van der Waals surface area contributed by atoms with Gasteiger partial charge in [0.15, 0.2) is 5.78 Å². The Labute approximate surface area is 147 Å². The Bertz CT molecular complexity index is 594. The third kappa shape index (κ3) is 5.21. The van der Waals surface area contributed by atoms with E-state index >= 15 is 0 Å². The lowest BCUT2D eigenvalue weighted by Crippen LogP contribution is -2.55. The van der Waals surface area contributed by atoms with Crippen molar-refractivity contribution in [2.24, 2.45) is 0 Å². The van der Waals surface area contributed by atoms with Crippen LogP contribution >= 0.6 is 11.6 Å². The number of Topliss-reactive ketones (excluding diaryl/α,β-unsaturated/α-hetero) is 1. The van der Waals surface area contributed by atoms with E-state index in [1.807, 2.05) is 45.0 Å². The normalized spacial score (nSPS) is 21.5. The van der Waals surface area contributed by atoms with Gasteiger partial charge in [-0.25, -0.2) is 4.79 Å². The molecule has 1 aromatic rings. The van der Waals surface area contributed by atoms with E-state index in [4.69, 9.17) is 21.1 Å². The summed E-state index contributed by atoms with van der Waals surface area (Å²) >= 11 is 5.91. The SMILES string of the molecule is CC(=O)[C@H]1CN(C(=O)OC(C)(C)C)[C@@H](Cc2ccc(Cl)cc2)CO1. The molecule has 6 heteroatoms. The van der Waals surface area contributed by atoms with Crippen LogP contribution in [0.1, 0.15) is 33.3 Å². The molecule has 24 heavy (non-hydrogen) atoms. The number of morpholine rings is 1. The molecule has 2 atom stereocenters. The smallest absolute Gasteiger partial charge is 0.410 e. The third-order valence-corrected chi connectivity index (χ3v) is 4.01. The van der Waals surface area contributed by atoms with Crippen LogP contribution in [0.3, 0.4) is 0 Å². The predicted molar refractivity (Wildman–Crippen MR) is 92.3 cm³/mol. The summed E-state index contributed by atoms with van der Waals surface area (Å²) in [6, 6.07) is 7.30. The van der Waals surface area contributed by atoms with Crippen LogP contribution in [-0.4, -0.2) is 47.7 Å². The number of rotatable bonds is 3. The lowest BCUT2D eigenvalue weighted by molar-refractivity contribution is -0.137. The van der Waals surface area contributed by atoms with E-state index in [2.05, 4.69) is 0 Å². The molecule has 0 spiro atoms. The first-order valence-corrected chi connectivity index (χ1v) is 8.39. The second kappa shape index (κ2) is 7.53. The molecular weight excluding hydrogens is 330 g/mol. The van der Waals surface area contributed by atoms with Gasteiger partial charge in [0.2, 0.25) is 0 Å². The number of carbonyl (C=O) groups is 2. The molecule has 1 aromatic carbocycles. The summed E-state index contributed by atoms with van der Waals surface area (Å²) in [7, 11) is 0. The zero-order valence-electron chi connectivity index (χ0n) is 14.5. The van der Waals surface area contributed by atoms with Crippen molar-refractivity contribution < 1.29 is 19.1 Å². The molecule has 0 bridgehead atoms. The third-order valence-electron chi connectivity index (χ3n) is 3.76. The van der Waals surface area contributed by atoms with Crippen LogP contribution in [0.15, 0.2) is 24.3 Å². The van der Waals surface area contributed by atoms with Crippen molar-refractivity contribution in [3.8, 4) is 0 Å². The number of amides is 1. The molecule has 0 aromatic heterocycles. The maximum atomic E-state index is 12.6. The van der Waals surface area contributed by atoms with Crippen LogP contribution in [0.25, 0.3) is 0 Å². The topological polar surface area (TPSA) is 55.8 Å². The number of nitrogens with zero attached hydrogens (tertiary/aromatic N) is 1. The Morgan fingerprint density at radius 3 is 2.46 bits per heavy atom. The Morgan fingerprint density at radius 2 is 1.92 bits per heavy atom. The average molecular weight is 354 g/mol. The van der Waals surface area contributed by atoms with Gasteiger partial charge in [-0.1, -0.05) is 23.7 Å². The quantitative estimate of drug-likeness (QED) is 0.834. The number of carbonyl (C=O) groups excluding carboxylic acids is 2. The van der Waals surface area contributed by atoms with Crippen molar-refractivity contribution in [2.75, 3.05) is 13.2 Å². The monoisotopic (exact) mass is 353 g/mol. The van der Waals surface area contributed by atoms with E-state index in [9.17, 15) is 9.59 Å². The summed E-state index contributed by atoms with van der Waals surface area (Å²) in [4.78, 5) is 25.8. The molecule has 132 valence electrons. The zero-order valence-corrected chi connectivity index (χ0v) is 15.3. The Hall–Kier alpha value is -1.59. The van der Waals surface area contributed by atoms with E-state index in [1.165, 1.54) is 6.92 Å². The molecule has 2 rings (SSSR count). The largest absolute Gasteiger partial charge is 0.444 e. The Morgan fingerprint density at radius 1 is 1.29 bits per heavy atom. The molecule has 0 N–H and O–H groups in total. The highest BCUT2D eigenvalue weighted by atomic mass is 35.5. The van der Waals surface area contributed by atoms with Crippen molar-refractivity contribution in [1.82, 2.24) is 4.90 Å². The molecule has 0 saturated carbocycles. The number of hydrogen-bond acceptors (Lipinski definition) is 4. The van der Waals surface area contributed by atoms with Gasteiger partial charge in [0.25, 0.3) is 0 Å². The first-order valence-electron chi connectivity index (χ1n) is 8.02. The summed E-state index contributed by atoms with van der Waals surface area (Å²) in [5.74, 6) is -0.0894. The van der Waals surface area contributed by atoms with Crippen LogP contribution in [-0.2, 0) is 20.7 Å². The summed E-state index contributed by atoms with van der Waals surface area (Å²) in [6.45, 7) is 7.44. The van der Waals surface area contributed by atoms with Crippen molar-refractivity contribution >= 4 is 23.5 Å². The number of ether oxygens (including phenoxy) is 2. The van der Waals surface area contributed by atoms with E-state index in [0.29, 0.717) is 18.1 Å². The molecule has 1 saturated heterocycles. The van der Waals surface area contributed by atoms with E-state index in [-0.39, 0.29) is 18.4 Å². The first kappa shape index (κ1) is 18.7. The molecule has 5 nitrogen and oxygen atoms in total. The van der Waals surface area contributed by atoms with Gasteiger partial charge in [-0.15, -0.1) is 0 Å². The summed E-state index contributed by atoms with van der Waals surface area (Å²) in [6.07, 6.45) is -0.406. The minimum atomic E-state index is -0.598. The van der Waals surface area contributed by atoms with Gasteiger partial charge >= 0.3 is 6.09 Å². The number of benzene rings is 1. The van der Waals surface area contributed by atoms with Crippen LogP contribution in [0.5, 0.6) is 0 Å². The lowest BCUT2D eigenvalue weighted by atomic mass is 10.0. The van der Waals surface area contributed by atoms with Crippen LogP contribution in [0.4, 0.5) is 4.79 Å². The van der Waals surface area contributed by atoms with Crippen LogP contribution < -0.4 is 0 Å². The van der Waals surface area contributed by atoms with E-state index < -0.39 is 17.8 Å². The van der Waals surface area contributed by atoms with Gasteiger partial charge < -0.3 is 9.47 Å². The van der Waals surface area contributed by atoms with Gasteiger partial charge in [-0.2, -0.15) is 0 Å². The molecule has 1 aliphatic rings. The highest BCUT2D eigenvalue weighted by Crippen LogP contribution is 2.21. The van der Waals surface area contributed by atoms with Crippen molar-refractivity contribution in [1.29, 1.82) is 0 Å². The lowest BCUT2D eigenvalue weighted by Gasteiger charge is -2.39. The Kier molecular flexibility index (Phi) is 5.88. The number of ketones is 1. The van der Waals surface area contributed by atoms with Crippen LogP contribution in [0, 0.1) is 0 Å². The van der Waals surface area contributed by atoms with Gasteiger partial charge in [0.1, 0.15) is 11.7 Å². The molecule has 1 fully saturated rings. The van der Waals surface area contributed by atoms with Gasteiger partial charge in [-0.05, 0) is 51.8 Å². The van der Waals surface area contributed by atoms with Gasteiger partial charge in [0, 0.05) is 5.02 Å². The molecule has 0 aliphatic carbocycles. The van der Waals surface area contributed by atoms with Gasteiger partial charge in [-0.3, -0.25) is 9.69 Å². The molecule has 1 aliphatic heterocycles. The highest BCUT2D eigenvalue weighted by Gasteiger charge is 2.36. The summed E-state index contributed by atoms with van der Waals surface area (Å²) in [5.41, 5.74) is 0.453. The fourth-order valence-corrected chi connectivity index (χ4v) is 2.68. The first-order chi connectivity index (χ1) is 11.2. The second-order valence-corrected chi connectivity index (χ2v) is 7.49. The second-order valence-electron chi connectivity index (χ2n) is 7.05. The number of halogens is 1. The minimum absolute atomic E-state index is 0.0894. The van der Waals surface area contributed by atoms with E-state index in [0.717, 1.165) is 5.56 Å². The zero-order chi connectivity index (χ0) is 17.9. The van der Waals surface area contributed by atoms with Crippen molar-refractivity contribution in [2.45, 2.75) is 51.9 Å². The minimum Gasteiger partial charge on any atom is -0.444 e. The van der Waals surface area contributed by atoms with Gasteiger partial charge in [0.05, 0.1) is 19.2 Å². The van der Waals surface area contributed by atoms with Crippen molar-refractivity contribution in [3.05, 3.63) is 34.9 Å². The molecule has 1 amide bonds. The fraction of sp³-hybridized carbons (Fsp3) is 0.556. The van der Waals surface area contributed by atoms with E-state index in [1.54, 1.807) is 4.90 Å². The highest BCUT2D eigenvalue weighted by molar-refractivity contribution is 6.30. The fourth-order valence-electron chi connectivity index (χ4n) is 2.55. The molecule has 0 radical (unpaired) electrons. The predicted octanol–water partition coefficient (Wildman–Crippen LogP) is 3.48. The van der Waals surface area contributed by atoms with Crippen LogP contribution in [0.2, 0.25) is 5.02 Å². The maximum absolute atomic E-state index is 12.6. The standard InChI is InChI=1S/C18H24ClNO4/c1-12(21)16-10-20(17(22)24-18(2,3)4)15(11-23-16)9-13-5-7-14(19)8-6-13/h5-8,15-16H,9-11H2,1-4H3/t15-,16+/m0/s1.